The Balaban J connectivity index is 1.51. The molecule has 0 aliphatic heterocycles. The van der Waals surface area contributed by atoms with Gasteiger partial charge in [0, 0.05) is 24.3 Å². The molecule has 0 radical (unpaired) electrons. The summed E-state index contributed by atoms with van der Waals surface area (Å²) >= 11 is 0. The fourth-order valence-electron chi connectivity index (χ4n) is 11.2. The number of hydrogen-bond acceptors (Lipinski definition) is 4. The molecule has 6 heteroatoms. The molecule has 1 unspecified atom stereocenters. The predicted octanol–water partition coefficient (Wildman–Crippen LogP) is 6.54. The second kappa shape index (κ2) is 10.1. The second-order valence-corrected chi connectivity index (χ2v) is 16.5. The first-order chi connectivity index (χ1) is 19.5. The van der Waals surface area contributed by atoms with E-state index >= 15 is 0 Å². The maximum Gasteiger partial charge on any atom is 0.237 e. The van der Waals surface area contributed by atoms with Crippen molar-refractivity contribution in [3.05, 3.63) is 11.6 Å². The van der Waals surface area contributed by atoms with Crippen molar-refractivity contribution in [1.29, 1.82) is 0 Å². The van der Waals surface area contributed by atoms with E-state index in [0.29, 0.717) is 18.3 Å². The third kappa shape index (κ3) is 4.38. The predicted molar refractivity (Wildman–Crippen MR) is 165 cm³/mol. The van der Waals surface area contributed by atoms with Crippen molar-refractivity contribution in [2.75, 3.05) is 6.61 Å². The number of hydrogen-bond donors (Lipinski definition) is 2. The maximum absolute atomic E-state index is 14.6. The highest BCUT2D eigenvalue weighted by atomic mass is 16.5. The zero-order chi connectivity index (χ0) is 30.9. The lowest BCUT2D eigenvalue weighted by atomic mass is 9.33. The van der Waals surface area contributed by atoms with Gasteiger partial charge in [0.15, 0.2) is 5.78 Å². The van der Waals surface area contributed by atoms with E-state index < -0.39 is 5.41 Å². The molecule has 232 valence electrons. The fraction of sp³-hybridized carbons (Fsp3) is 0.806. The highest BCUT2D eigenvalue weighted by Crippen LogP contribution is 2.75. The molecular formula is C36H54N2O4. The van der Waals surface area contributed by atoms with Crippen LogP contribution in [0.15, 0.2) is 11.6 Å². The number of ether oxygens (including phenoxy) is 1. The molecule has 42 heavy (non-hydrogen) atoms. The summed E-state index contributed by atoms with van der Waals surface area (Å²) in [4.78, 5) is 40.1. The highest BCUT2D eigenvalue weighted by Gasteiger charge is 2.70. The molecule has 5 aliphatic carbocycles. The molecule has 0 aromatic carbocycles. The van der Waals surface area contributed by atoms with Crippen molar-refractivity contribution in [1.82, 2.24) is 10.6 Å². The fourth-order valence-corrected chi connectivity index (χ4v) is 11.2. The van der Waals surface area contributed by atoms with Crippen LogP contribution in [-0.4, -0.2) is 30.2 Å². The van der Waals surface area contributed by atoms with Crippen LogP contribution in [0.1, 0.15) is 120 Å². The quantitative estimate of drug-likeness (QED) is 0.294. The first kappa shape index (κ1) is 31.1. The van der Waals surface area contributed by atoms with Gasteiger partial charge in [0.1, 0.15) is 6.11 Å². The van der Waals surface area contributed by atoms with E-state index in [9.17, 15) is 14.4 Å². The van der Waals surface area contributed by atoms with Crippen LogP contribution in [0.3, 0.4) is 0 Å². The van der Waals surface area contributed by atoms with Crippen LogP contribution in [0.2, 0.25) is 0 Å². The average molecular weight is 579 g/mol. The van der Waals surface area contributed by atoms with Gasteiger partial charge in [-0.25, -0.2) is 0 Å². The molecular weight excluding hydrogens is 524 g/mol. The molecule has 5 rings (SSSR count). The van der Waals surface area contributed by atoms with Gasteiger partial charge in [-0.05, 0) is 110 Å². The summed E-state index contributed by atoms with van der Waals surface area (Å²) in [5.74, 6) is 0.818. The number of fused-ring (bicyclic) bond motifs is 7. The van der Waals surface area contributed by atoms with Gasteiger partial charge in [-0.15, -0.1) is 0 Å². The zero-order valence-electron chi connectivity index (χ0n) is 27.6. The van der Waals surface area contributed by atoms with Crippen molar-refractivity contribution >= 4 is 17.6 Å². The molecule has 6 nitrogen and oxygen atoms in total. The van der Waals surface area contributed by atoms with Gasteiger partial charge in [0.25, 0.3) is 0 Å². The molecule has 0 saturated heterocycles. The van der Waals surface area contributed by atoms with Crippen molar-refractivity contribution in [3.63, 3.8) is 0 Å². The average Bonchev–Trinajstić information content (AvgIpc) is 2.90. The van der Waals surface area contributed by atoms with Gasteiger partial charge in [0.05, 0.1) is 12.7 Å². The number of rotatable bonds is 3. The van der Waals surface area contributed by atoms with E-state index in [-0.39, 0.29) is 56.8 Å². The van der Waals surface area contributed by atoms with Gasteiger partial charge >= 0.3 is 0 Å². The second-order valence-electron chi connectivity index (χ2n) is 16.5. The lowest BCUT2D eigenvalue weighted by Gasteiger charge is -2.70. The summed E-state index contributed by atoms with van der Waals surface area (Å²) < 4.78 is 5.10. The number of carbonyl (C=O) groups is 3. The van der Waals surface area contributed by atoms with E-state index in [1.807, 2.05) is 6.92 Å². The molecule has 5 aliphatic rings. The van der Waals surface area contributed by atoms with Gasteiger partial charge in [-0.2, -0.15) is 0 Å². The summed E-state index contributed by atoms with van der Waals surface area (Å²) in [5.41, 5.74) is 0.426. The first-order valence-corrected chi connectivity index (χ1v) is 16.4. The summed E-state index contributed by atoms with van der Waals surface area (Å²) in [6, 6.07) is 2.83. The van der Waals surface area contributed by atoms with Crippen LogP contribution in [0.5, 0.6) is 0 Å². The van der Waals surface area contributed by atoms with E-state index in [2.05, 4.69) is 77.3 Å². The number of nitrogens with one attached hydrogen (secondary N) is 2. The summed E-state index contributed by atoms with van der Waals surface area (Å²) in [5, 5.41) is 6.06. The molecule has 0 heterocycles. The zero-order valence-corrected chi connectivity index (χ0v) is 27.6. The first-order valence-electron chi connectivity index (χ1n) is 16.4. The molecule has 0 aromatic heterocycles. The van der Waals surface area contributed by atoms with E-state index in [0.717, 1.165) is 57.8 Å². The minimum Gasteiger partial charge on any atom is -0.446 e. The van der Waals surface area contributed by atoms with Crippen LogP contribution in [0.4, 0.5) is 0 Å². The topological polar surface area (TPSA) is 84.5 Å². The van der Waals surface area contributed by atoms with E-state index in [4.69, 9.17) is 4.74 Å². The SMILES string of the molecule is CCOC#CNC(=O)[C@@]1(C)CC[C@]2(C)CC[C@]3(C)C(=CC(=O)[C@@H]4[C@@]5(C)CC[C@H](NC(C)=O)C(C)(C)C5CC[C@]43C)[C@@H]2C1. The minimum absolute atomic E-state index is 0.0333. The van der Waals surface area contributed by atoms with Crippen LogP contribution < -0.4 is 10.6 Å². The van der Waals surface area contributed by atoms with Gasteiger partial charge in [-0.1, -0.05) is 54.0 Å². The van der Waals surface area contributed by atoms with Crippen molar-refractivity contribution in [2.24, 2.45) is 50.2 Å². The summed E-state index contributed by atoms with van der Waals surface area (Å²) in [7, 11) is 0. The third-order valence-corrected chi connectivity index (χ3v) is 14.0. The number of ketones is 1. The largest absolute Gasteiger partial charge is 0.446 e. The van der Waals surface area contributed by atoms with Crippen LogP contribution in [0, 0.1) is 62.4 Å². The smallest absolute Gasteiger partial charge is 0.237 e. The van der Waals surface area contributed by atoms with Crippen LogP contribution in [0.25, 0.3) is 0 Å². The lowest BCUT2D eigenvalue weighted by Crippen LogP contribution is -2.67. The Bertz CT molecular complexity index is 1260. The van der Waals surface area contributed by atoms with Crippen LogP contribution >= 0.6 is 0 Å². The Hall–Kier alpha value is -2.29. The Morgan fingerprint density at radius 3 is 2.33 bits per heavy atom. The number of carbonyl (C=O) groups excluding carboxylic acids is 3. The Labute approximate surface area is 253 Å². The van der Waals surface area contributed by atoms with Gasteiger partial charge in [-0.3, -0.25) is 19.7 Å². The summed E-state index contributed by atoms with van der Waals surface area (Å²) in [6.45, 7) is 20.3. The minimum atomic E-state index is -0.541. The number of allylic oxidation sites excluding steroid dienone is 2. The molecule has 0 aromatic rings. The van der Waals surface area contributed by atoms with Gasteiger partial charge in [0.2, 0.25) is 11.8 Å². The van der Waals surface area contributed by atoms with E-state index in [1.165, 1.54) is 5.57 Å². The Morgan fingerprint density at radius 2 is 1.67 bits per heavy atom. The highest BCUT2D eigenvalue weighted by molar-refractivity contribution is 5.96. The maximum atomic E-state index is 14.6. The molecule has 4 fully saturated rings. The Morgan fingerprint density at radius 1 is 0.976 bits per heavy atom. The van der Waals surface area contributed by atoms with Crippen LogP contribution in [-0.2, 0) is 19.1 Å². The third-order valence-electron chi connectivity index (χ3n) is 14.0. The van der Waals surface area contributed by atoms with E-state index in [1.54, 1.807) is 6.92 Å². The molecule has 0 spiro atoms. The molecule has 4 saturated carbocycles. The van der Waals surface area contributed by atoms with Crippen molar-refractivity contribution < 1.29 is 19.1 Å². The molecule has 2 N–H and O–H groups in total. The Kier molecular flexibility index (Phi) is 7.51. The standard InChI is InChI=1S/C36H54N2O4/c1-10-42-20-19-37-30(41)33(6)16-15-32(5)17-18-35(8)24(25(32)22-33)21-26(40)29-34(7)13-12-28(38-23(2)39)31(3,4)27(34)11-14-36(29,35)9/h21,25,27-29H,10-18,22H2,1-9H3,(H,37,41)(H,38,39)/t25-,27?,28-,29+,32+,33-,34-,35+,36+/m0/s1. The normalized spacial score (nSPS) is 45.4. The molecule has 0 bridgehead atoms. The lowest BCUT2D eigenvalue weighted by molar-refractivity contribution is -0.189. The van der Waals surface area contributed by atoms with Crippen molar-refractivity contribution in [2.45, 2.75) is 126 Å². The molecule has 9 atom stereocenters. The summed E-state index contributed by atoms with van der Waals surface area (Å²) in [6.07, 6.45) is 13.4. The van der Waals surface area contributed by atoms with Crippen molar-refractivity contribution in [3.8, 4) is 12.2 Å². The monoisotopic (exact) mass is 578 g/mol. The number of amides is 2. The van der Waals surface area contributed by atoms with Gasteiger partial charge < -0.3 is 10.1 Å². The molecule has 2 amide bonds.